The Bertz CT molecular complexity index is 1390. The molecule has 0 saturated heterocycles. The topological polar surface area (TPSA) is 119 Å². The molecule has 0 spiro atoms. The van der Waals surface area contributed by atoms with Crippen LogP contribution in [0.5, 0.6) is 0 Å². The fourth-order valence-electron chi connectivity index (χ4n) is 2.87. The second kappa shape index (κ2) is 10.4. The summed E-state index contributed by atoms with van der Waals surface area (Å²) in [7, 11) is -4.20. The minimum atomic E-state index is -4.20. The van der Waals surface area contributed by atoms with Crippen molar-refractivity contribution in [2.75, 3.05) is 10.0 Å². The predicted molar refractivity (Wildman–Crippen MR) is 124 cm³/mol. The van der Waals surface area contributed by atoms with Crippen LogP contribution in [0.3, 0.4) is 0 Å². The number of carbonyl (C=O) groups is 3. The van der Waals surface area contributed by atoms with Gasteiger partial charge in [-0.15, -0.1) is 0 Å². The van der Waals surface area contributed by atoms with E-state index in [0.717, 1.165) is 6.07 Å². The van der Waals surface area contributed by atoms with Gasteiger partial charge >= 0.3 is 5.97 Å². The Morgan fingerprint density at radius 1 is 0.857 bits per heavy atom. The fourth-order valence-corrected chi connectivity index (χ4v) is 3.94. The summed E-state index contributed by atoms with van der Waals surface area (Å²) in [6.07, 6.45) is -1.17. The molecule has 2 N–H and O–H groups in total. The number of anilines is 2. The molecule has 0 radical (unpaired) electrons. The predicted octanol–water partition coefficient (Wildman–Crippen LogP) is 4.15. The number of hydrogen-bond acceptors (Lipinski definition) is 6. The number of sulfonamides is 1. The maximum absolute atomic E-state index is 13.4. The molecule has 3 rings (SSSR count). The molecule has 11 heteroatoms. The second-order valence-electron chi connectivity index (χ2n) is 7.43. The number of nitrogens with one attached hydrogen (secondary N) is 2. The number of esters is 1. The molecule has 1 unspecified atom stereocenters. The van der Waals surface area contributed by atoms with E-state index < -0.39 is 44.5 Å². The molecular weight excluding hydrogens is 482 g/mol. The molecule has 0 saturated carbocycles. The summed E-state index contributed by atoms with van der Waals surface area (Å²) >= 11 is 0. The molecule has 3 aromatic carbocycles. The standard InChI is InChI=1S/C24H20F2N2O6S/c1-14(29)17-4-3-5-19(12-17)27-23(30)15(2)34-24(31)16-6-8-18(9-7-16)28-35(32,33)20-10-11-21(25)22(26)13-20/h3-13,15,28H,1-2H3,(H,27,30). The van der Waals surface area contributed by atoms with Crippen molar-refractivity contribution in [1.29, 1.82) is 0 Å². The molecule has 0 heterocycles. The van der Waals surface area contributed by atoms with E-state index in [9.17, 15) is 31.6 Å². The van der Waals surface area contributed by atoms with Gasteiger partial charge in [0.25, 0.3) is 15.9 Å². The Morgan fingerprint density at radius 2 is 1.54 bits per heavy atom. The summed E-state index contributed by atoms with van der Waals surface area (Å²) in [5.41, 5.74) is 0.873. The third-order valence-electron chi connectivity index (χ3n) is 4.76. The van der Waals surface area contributed by atoms with Crippen molar-refractivity contribution in [3.05, 3.63) is 89.5 Å². The van der Waals surface area contributed by atoms with Crippen LogP contribution in [0.25, 0.3) is 0 Å². The van der Waals surface area contributed by atoms with E-state index in [2.05, 4.69) is 10.0 Å². The van der Waals surface area contributed by atoms with E-state index in [4.69, 9.17) is 4.74 Å². The molecule has 0 bridgehead atoms. The third-order valence-corrected chi connectivity index (χ3v) is 6.14. The smallest absolute Gasteiger partial charge is 0.338 e. The highest BCUT2D eigenvalue weighted by Gasteiger charge is 2.20. The van der Waals surface area contributed by atoms with E-state index in [1.807, 2.05) is 0 Å². The Labute approximate surface area is 200 Å². The molecule has 0 fully saturated rings. The highest BCUT2D eigenvalue weighted by molar-refractivity contribution is 7.92. The van der Waals surface area contributed by atoms with Crippen LogP contribution in [0, 0.1) is 11.6 Å². The number of hydrogen-bond donors (Lipinski definition) is 2. The number of carbonyl (C=O) groups excluding carboxylic acids is 3. The lowest BCUT2D eigenvalue weighted by atomic mass is 10.1. The zero-order valence-corrected chi connectivity index (χ0v) is 19.4. The summed E-state index contributed by atoms with van der Waals surface area (Å²) in [5, 5.41) is 2.56. The Balaban J connectivity index is 1.62. The molecule has 0 aromatic heterocycles. The lowest BCUT2D eigenvalue weighted by Gasteiger charge is -2.14. The van der Waals surface area contributed by atoms with Crippen LogP contribution in [-0.4, -0.2) is 32.2 Å². The number of ketones is 1. The first kappa shape index (κ1) is 25.5. The molecule has 0 aliphatic rings. The van der Waals surface area contributed by atoms with Crippen molar-refractivity contribution in [3.63, 3.8) is 0 Å². The Morgan fingerprint density at radius 3 is 2.17 bits per heavy atom. The summed E-state index contributed by atoms with van der Waals surface area (Å²) in [6, 6.07) is 13.5. The molecule has 1 amide bonds. The maximum Gasteiger partial charge on any atom is 0.338 e. The van der Waals surface area contributed by atoms with Crippen LogP contribution in [0.2, 0.25) is 0 Å². The lowest BCUT2D eigenvalue weighted by molar-refractivity contribution is -0.123. The zero-order valence-electron chi connectivity index (χ0n) is 18.5. The maximum atomic E-state index is 13.4. The van der Waals surface area contributed by atoms with Crippen LogP contribution < -0.4 is 10.0 Å². The van der Waals surface area contributed by atoms with Crippen molar-refractivity contribution in [1.82, 2.24) is 0 Å². The van der Waals surface area contributed by atoms with Gasteiger partial charge in [0.05, 0.1) is 10.5 Å². The SMILES string of the molecule is CC(=O)c1cccc(NC(=O)C(C)OC(=O)c2ccc(NS(=O)(=O)c3ccc(F)c(F)c3)cc2)c1. The summed E-state index contributed by atoms with van der Waals surface area (Å²) in [5.74, 6) is -4.11. The highest BCUT2D eigenvalue weighted by atomic mass is 32.2. The molecule has 3 aromatic rings. The molecule has 182 valence electrons. The molecular formula is C24H20F2N2O6S. The minimum Gasteiger partial charge on any atom is -0.449 e. The fraction of sp³-hybridized carbons (Fsp3) is 0.125. The van der Waals surface area contributed by atoms with E-state index in [-0.39, 0.29) is 17.0 Å². The van der Waals surface area contributed by atoms with Crippen molar-refractivity contribution >= 4 is 39.1 Å². The largest absolute Gasteiger partial charge is 0.449 e. The van der Waals surface area contributed by atoms with Gasteiger partial charge in [0.2, 0.25) is 0 Å². The van der Waals surface area contributed by atoms with Crippen LogP contribution in [0.15, 0.2) is 71.6 Å². The van der Waals surface area contributed by atoms with Gasteiger partial charge in [0.15, 0.2) is 23.5 Å². The van der Waals surface area contributed by atoms with E-state index >= 15 is 0 Å². The van der Waals surface area contributed by atoms with Gasteiger partial charge in [-0.25, -0.2) is 22.0 Å². The second-order valence-corrected chi connectivity index (χ2v) is 9.11. The van der Waals surface area contributed by atoms with Gasteiger partial charge in [0.1, 0.15) is 0 Å². The first-order valence-corrected chi connectivity index (χ1v) is 11.7. The monoisotopic (exact) mass is 502 g/mol. The van der Waals surface area contributed by atoms with Crippen LogP contribution in [0.4, 0.5) is 20.2 Å². The molecule has 8 nitrogen and oxygen atoms in total. The van der Waals surface area contributed by atoms with Gasteiger partial charge in [-0.3, -0.25) is 14.3 Å². The van der Waals surface area contributed by atoms with Crippen molar-refractivity contribution in [2.45, 2.75) is 24.8 Å². The highest BCUT2D eigenvalue weighted by Crippen LogP contribution is 2.19. The molecule has 35 heavy (non-hydrogen) atoms. The number of Topliss-reactive ketones (excluding diaryl/α,β-unsaturated/α-hetero) is 1. The van der Waals surface area contributed by atoms with Crippen LogP contribution in [0.1, 0.15) is 34.6 Å². The van der Waals surface area contributed by atoms with Gasteiger partial charge in [-0.2, -0.15) is 0 Å². The lowest BCUT2D eigenvalue weighted by Crippen LogP contribution is -2.30. The average Bonchev–Trinajstić information content (AvgIpc) is 2.81. The minimum absolute atomic E-state index is 0.0407. The van der Waals surface area contributed by atoms with Gasteiger partial charge in [0, 0.05) is 16.9 Å². The number of halogens is 2. The zero-order chi connectivity index (χ0) is 25.8. The Hall–Kier alpha value is -4.12. The van der Waals surface area contributed by atoms with Crippen molar-refractivity contribution < 1.29 is 36.3 Å². The van der Waals surface area contributed by atoms with Gasteiger partial charge in [-0.05, 0) is 68.4 Å². The van der Waals surface area contributed by atoms with Crippen molar-refractivity contribution in [3.8, 4) is 0 Å². The summed E-state index contributed by atoms with van der Waals surface area (Å²) in [4.78, 5) is 35.7. The third kappa shape index (κ3) is 6.48. The van der Waals surface area contributed by atoms with Gasteiger partial charge in [-0.1, -0.05) is 12.1 Å². The number of ether oxygens (including phenoxy) is 1. The number of rotatable bonds is 8. The normalized spacial score (nSPS) is 11.9. The summed E-state index contributed by atoms with van der Waals surface area (Å²) in [6.45, 7) is 2.76. The van der Waals surface area contributed by atoms with E-state index in [1.54, 1.807) is 18.2 Å². The molecule has 0 aliphatic heterocycles. The summed E-state index contributed by atoms with van der Waals surface area (Å²) < 4.78 is 58.5. The Kier molecular flexibility index (Phi) is 7.60. The first-order valence-electron chi connectivity index (χ1n) is 10.2. The number of benzene rings is 3. The van der Waals surface area contributed by atoms with Crippen molar-refractivity contribution in [2.24, 2.45) is 0 Å². The average molecular weight is 502 g/mol. The quantitative estimate of drug-likeness (QED) is 0.353. The van der Waals surface area contributed by atoms with E-state index in [1.165, 1.54) is 44.2 Å². The first-order chi connectivity index (χ1) is 16.5. The molecule has 0 aliphatic carbocycles. The number of amides is 1. The molecule has 1 atom stereocenters. The van der Waals surface area contributed by atoms with E-state index in [0.29, 0.717) is 23.4 Å². The van der Waals surface area contributed by atoms with Gasteiger partial charge < -0.3 is 10.1 Å². The van der Waals surface area contributed by atoms with Crippen LogP contribution in [-0.2, 0) is 19.6 Å². The van der Waals surface area contributed by atoms with Crippen LogP contribution >= 0.6 is 0 Å².